The molecule has 5 rings (SSSR count). The van der Waals surface area contributed by atoms with Crippen molar-refractivity contribution in [3.05, 3.63) is 99.9 Å². The molecule has 0 atom stereocenters. The van der Waals surface area contributed by atoms with Crippen LogP contribution in [0.25, 0.3) is 21.8 Å². The van der Waals surface area contributed by atoms with Crippen molar-refractivity contribution in [2.75, 3.05) is 4.90 Å². The third kappa shape index (κ3) is 3.34. The number of fused-ring (bicyclic) bond motifs is 3. The number of anilines is 3. The van der Waals surface area contributed by atoms with Crippen LogP contribution in [-0.4, -0.2) is 4.57 Å². The van der Waals surface area contributed by atoms with Crippen molar-refractivity contribution in [3.63, 3.8) is 0 Å². The number of nitrogens with zero attached hydrogens (tertiary/aromatic N) is 2. The second kappa shape index (κ2) is 7.93. The van der Waals surface area contributed by atoms with E-state index >= 15 is 0 Å². The monoisotopic (exact) mass is 518 g/mol. The molecular formula is C26H20Br2N2. The van der Waals surface area contributed by atoms with Gasteiger partial charge in [-0.15, -0.1) is 0 Å². The van der Waals surface area contributed by atoms with Gasteiger partial charge in [-0.1, -0.05) is 50.1 Å². The Morgan fingerprint density at radius 3 is 1.77 bits per heavy atom. The minimum Gasteiger partial charge on any atom is -0.341 e. The fraction of sp³-hybridized carbons (Fsp3) is 0.0769. The molecule has 0 unspecified atom stereocenters. The van der Waals surface area contributed by atoms with E-state index in [1.54, 1.807) is 0 Å². The van der Waals surface area contributed by atoms with E-state index in [2.05, 4.69) is 139 Å². The Bertz CT molecular complexity index is 1290. The van der Waals surface area contributed by atoms with Gasteiger partial charge in [-0.2, -0.15) is 0 Å². The molecular weight excluding hydrogens is 500 g/mol. The molecule has 0 amide bonds. The summed E-state index contributed by atoms with van der Waals surface area (Å²) in [6, 6.07) is 32.4. The number of aromatic nitrogens is 1. The topological polar surface area (TPSA) is 8.17 Å². The molecule has 30 heavy (non-hydrogen) atoms. The van der Waals surface area contributed by atoms with Crippen LogP contribution in [0.1, 0.15) is 6.92 Å². The number of rotatable bonds is 4. The summed E-state index contributed by atoms with van der Waals surface area (Å²) in [6.45, 7) is 3.16. The molecule has 0 aliphatic heterocycles. The summed E-state index contributed by atoms with van der Waals surface area (Å²) in [5.74, 6) is 0. The zero-order valence-electron chi connectivity index (χ0n) is 16.5. The van der Waals surface area contributed by atoms with E-state index in [1.807, 2.05) is 0 Å². The van der Waals surface area contributed by atoms with Crippen LogP contribution < -0.4 is 4.90 Å². The average molecular weight is 520 g/mol. The summed E-state index contributed by atoms with van der Waals surface area (Å²) in [7, 11) is 0. The maximum absolute atomic E-state index is 3.56. The molecule has 0 aliphatic carbocycles. The lowest BCUT2D eigenvalue weighted by Gasteiger charge is -2.26. The molecule has 4 aromatic carbocycles. The van der Waals surface area contributed by atoms with Crippen molar-refractivity contribution in [2.24, 2.45) is 0 Å². The Morgan fingerprint density at radius 2 is 1.17 bits per heavy atom. The summed E-state index contributed by atoms with van der Waals surface area (Å²) in [6.07, 6.45) is 0. The summed E-state index contributed by atoms with van der Waals surface area (Å²) in [5.41, 5.74) is 5.95. The Morgan fingerprint density at radius 1 is 0.633 bits per heavy atom. The lowest BCUT2D eigenvalue weighted by atomic mass is 10.1. The highest BCUT2D eigenvalue weighted by atomic mass is 79.9. The number of hydrogen-bond donors (Lipinski definition) is 0. The van der Waals surface area contributed by atoms with Crippen molar-refractivity contribution in [2.45, 2.75) is 13.5 Å². The number of hydrogen-bond acceptors (Lipinski definition) is 1. The molecule has 0 saturated carbocycles. The molecule has 0 N–H and O–H groups in total. The van der Waals surface area contributed by atoms with Gasteiger partial charge in [-0.25, -0.2) is 0 Å². The molecule has 4 heteroatoms. The van der Waals surface area contributed by atoms with Crippen LogP contribution >= 0.6 is 31.9 Å². The van der Waals surface area contributed by atoms with Gasteiger partial charge >= 0.3 is 0 Å². The summed E-state index contributed by atoms with van der Waals surface area (Å²) in [4.78, 5) is 2.30. The van der Waals surface area contributed by atoms with Crippen LogP contribution in [0.4, 0.5) is 17.1 Å². The number of para-hydroxylation sites is 1. The minimum atomic E-state index is 0.951. The average Bonchev–Trinajstić information content (AvgIpc) is 3.10. The molecule has 0 spiro atoms. The largest absolute Gasteiger partial charge is 0.341 e. The molecule has 0 fully saturated rings. The first-order valence-corrected chi connectivity index (χ1v) is 11.6. The van der Waals surface area contributed by atoms with Gasteiger partial charge in [0.15, 0.2) is 0 Å². The molecule has 5 aromatic rings. The number of halogens is 2. The van der Waals surface area contributed by atoms with Crippen LogP contribution in [0.3, 0.4) is 0 Å². The lowest BCUT2D eigenvalue weighted by Crippen LogP contribution is -2.09. The van der Waals surface area contributed by atoms with Crippen LogP contribution in [0.15, 0.2) is 99.9 Å². The SMILES string of the molecule is CCn1c2ccccc2c2cc(N(c3ccc(Br)cc3)c3ccc(Br)cc3)ccc21. The highest BCUT2D eigenvalue weighted by Crippen LogP contribution is 2.39. The van der Waals surface area contributed by atoms with Crippen molar-refractivity contribution >= 4 is 70.7 Å². The zero-order valence-corrected chi connectivity index (χ0v) is 19.7. The minimum absolute atomic E-state index is 0.951. The van der Waals surface area contributed by atoms with E-state index in [0.717, 1.165) is 32.6 Å². The normalized spacial score (nSPS) is 11.3. The molecule has 2 nitrogen and oxygen atoms in total. The van der Waals surface area contributed by atoms with Crippen LogP contribution in [0.5, 0.6) is 0 Å². The van der Waals surface area contributed by atoms with E-state index in [-0.39, 0.29) is 0 Å². The molecule has 0 bridgehead atoms. The van der Waals surface area contributed by atoms with E-state index < -0.39 is 0 Å². The van der Waals surface area contributed by atoms with Crippen molar-refractivity contribution in [3.8, 4) is 0 Å². The standard InChI is InChI=1S/C26H20Br2N2/c1-2-29-25-6-4-3-5-23(25)24-17-22(15-16-26(24)29)30(20-11-7-18(27)8-12-20)21-13-9-19(28)10-14-21/h3-17H,2H2,1H3. The van der Waals surface area contributed by atoms with Crippen LogP contribution in [0, 0.1) is 0 Å². The third-order valence-corrected chi connectivity index (χ3v) is 6.56. The summed E-state index contributed by atoms with van der Waals surface area (Å²) in [5, 5.41) is 2.58. The first-order chi connectivity index (χ1) is 14.7. The Labute approximate surface area is 193 Å². The fourth-order valence-electron chi connectivity index (χ4n) is 4.15. The van der Waals surface area contributed by atoms with Crippen LogP contribution in [0.2, 0.25) is 0 Å². The zero-order chi connectivity index (χ0) is 20.7. The molecule has 1 heterocycles. The predicted molar refractivity (Wildman–Crippen MR) is 135 cm³/mol. The van der Waals surface area contributed by atoms with Gasteiger partial charge in [-0.3, -0.25) is 0 Å². The predicted octanol–water partition coefficient (Wildman–Crippen LogP) is 8.81. The van der Waals surface area contributed by atoms with Crippen molar-refractivity contribution in [1.29, 1.82) is 0 Å². The van der Waals surface area contributed by atoms with Gasteiger partial charge in [0.25, 0.3) is 0 Å². The second-order valence-electron chi connectivity index (χ2n) is 7.25. The van der Waals surface area contributed by atoms with E-state index in [4.69, 9.17) is 0 Å². The molecule has 0 radical (unpaired) electrons. The van der Waals surface area contributed by atoms with Crippen LogP contribution in [-0.2, 0) is 6.54 Å². The first-order valence-electron chi connectivity index (χ1n) is 9.98. The van der Waals surface area contributed by atoms with Crippen molar-refractivity contribution in [1.82, 2.24) is 4.57 Å². The summed E-state index contributed by atoms with van der Waals surface area (Å²) >= 11 is 7.12. The van der Waals surface area contributed by atoms with Gasteiger partial charge in [-0.05, 0) is 79.7 Å². The Balaban J connectivity index is 1.75. The smallest absolute Gasteiger partial charge is 0.0492 e. The van der Waals surface area contributed by atoms with Gasteiger partial charge in [0.05, 0.1) is 0 Å². The van der Waals surface area contributed by atoms with Gasteiger partial charge in [0.1, 0.15) is 0 Å². The maximum Gasteiger partial charge on any atom is 0.0492 e. The second-order valence-corrected chi connectivity index (χ2v) is 9.08. The Kier molecular flexibility index (Phi) is 5.13. The highest BCUT2D eigenvalue weighted by molar-refractivity contribution is 9.10. The molecule has 148 valence electrons. The third-order valence-electron chi connectivity index (χ3n) is 5.50. The number of benzene rings is 4. The first kappa shape index (κ1) is 19.4. The Hall–Kier alpha value is -2.56. The van der Waals surface area contributed by atoms with E-state index in [9.17, 15) is 0 Å². The van der Waals surface area contributed by atoms with Crippen molar-refractivity contribution < 1.29 is 0 Å². The van der Waals surface area contributed by atoms with Gasteiger partial charge < -0.3 is 9.47 Å². The maximum atomic E-state index is 3.56. The summed E-state index contributed by atoms with van der Waals surface area (Å²) < 4.78 is 4.53. The van der Waals surface area contributed by atoms with E-state index in [1.165, 1.54) is 21.8 Å². The van der Waals surface area contributed by atoms with Gasteiger partial charge in [0.2, 0.25) is 0 Å². The quantitative estimate of drug-likeness (QED) is 0.230. The fourth-order valence-corrected chi connectivity index (χ4v) is 4.68. The highest BCUT2D eigenvalue weighted by Gasteiger charge is 2.16. The molecule has 1 aromatic heterocycles. The number of aryl methyl sites for hydroxylation is 1. The lowest BCUT2D eigenvalue weighted by molar-refractivity contribution is 0.827. The van der Waals surface area contributed by atoms with Gasteiger partial charge in [0, 0.05) is 54.4 Å². The molecule has 0 saturated heterocycles. The van der Waals surface area contributed by atoms with E-state index in [0.29, 0.717) is 0 Å². The molecule has 0 aliphatic rings.